The van der Waals surface area contributed by atoms with Crippen molar-refractivity contribution in [1.29, 1.82) is 0 Å². The molecule has 15 heteroatoms. The maximum atomic E-state index is 11.9. The molecule has 0 aliphatic heterocycles. The van der Waals surface area contributed by atoms with E-state index in [-0.39, 0.29) is 55.8 Å². The van der Waals surface area contributed by atoms with Gasteiger partial charge in [0.05, 0.1) is 11.9 Å². The van der Waals surface area contributed by atoms with Crippen molar-refractivity contribution in [3.8, 4) is 0 Å². The molecule has 2 rings (SSSR count). The number of carbonyl (C=O) groups is 3. The Bertz CT molecular complexity index is 965. The van der Waals surface area contributed by atoms with Gasteiger partial charge in [0, 0.05) is 19.4 Å². The first kappa shape index (κ1) is 30.0. The van der Waals surface area contributed by atoms with Crippen molar-refractivity contribution >= 4 is 65.6 Å². The summed E-state index contributed by atoms with van der Waals surface area (Å²) in [5.41, 5.74) is 12.7. The molecule has 2 heterocycles. The number of unbranched alkanes of at least 4 members (excludes halogenated alkanes) is 1. The summed E-state index contributed by atoms with van der Waals surface area (Å²) in [6.07, 6.45) is 2.49. The van der Waals surface area contributed by atoms with Gasteiger partial charge in [0.25, 0.3) is 0 Å². The Morgan fingerprint density at radius 2 is 1.79 bits per heavy atom. The Morgan fingerprint density at radius 1 is 1.09 bits per heavy atom. The Kier molecular flexibility index (Phi) is 12.9. The van der Waals surface area contributed by atoms with Gasteiger partial charge < -0.3 is 31.9 Å². The molecule has 0 radical (unpaired) electrons. The number of nitrogen functional groups attached to an aromatic ring is 2. The molecule has 0 saturated heterocycles. The van der Waals surface area contributed by atoms with Gasteiger partial charge in [-0.2, -0.15) is 9.97 Å². The number of carboxylic acid groups (broad SMARTS) is 2. The topological polar surface area (TPSA) is 211 Å². The van der Waals surface area contributed by atoms with Crippen LogP contribution in [-0.2, 0) is 20.9 Å². The SMILES string of the molecule is CN(CCCCC(=O)N[C@@H](CCC(=O)O)C(=O)O)Cc1cnc2nc(N)nc(N)c2n1.Cl.Cl. The minimum atomic E-state index is -1.25. The average Bonchev–Trinajstić information content (AvgIpc) is 2.68. The van der Waals surface area contributed by atoms with Crippen molar-refractivity contribution < 1.29 is 24.6 Å². The molecule has 13 nitrogen and oxygen atoms in total. The molecule has 0 aliphatic carbocycles. The van der Waals surface area contributed by atoms with E-state index in [0.29, 0.717) is 42.8 Å². The first-order valence-electron chi connectivity index (χ1n) is 9.62. The maximum Gasteiger partial charge on any atom is 0.326 e. The Morgan fingerprint density at radius 3 is 2.42 bits per heavy atom. The van der Waals surface area contributed by atoms with Gasteiger partial charge in [0.15, 0.2) is 17.0 Å². The molecule has 1 atom stereocenters. The van der Waals surface area contributed by atoms with Crippen LogP contribution in [0.2, 0.25) is 0 Å². The second-order valence-electron chi connectivity index (χ2n) is 7.09. The van der Waals surface area contributed by atoms with Crippen LogP contribution in [0.15, 0.2) is 6.20 Å². The van der Waals surface area contributed by atoms with E-state index in [1.807, 2.05) is 11.9 Å². The summed E-state index contributed by atoms with van der Waals surface area (Å²) in [4.78, 5) is 52.1. The molecule has 0 fully saturated rings. The number of nitrogens with two attached hydrogens (primary N) is 2. The van der Waals surface area contributed by atoms with E-state index in [0.717, 1.165) is 0 Å². The third-order valence-electron chi connectivity index (χ3n) is 4.41. The number of nitrogens with one attached hydrogen (secondary N) is 1. The Balaban J connectivity index is 0.00000512. The van der Waals surface area contributed by atoms with Gasteiger partial charge in [-0.3, -0.25) is 9.59 Å². The summed E-state index contributed by atoms with van der Waals surface area (Å²) in [5, 5.41) is 20.1. The predicted octanol–water partition coefficient (Wildman–Crippen LogP) is 0.464. The molecule has 2 aromatic heterocycles. The van der Waals surface area contributed by atoms with Gasteiger partial charge in [-0.25, -0.2) is 14.8 Å². The lowest BCUT2D eigenvalue weighted by atomic mass is 10.1. The van der Waals surface area contributed by atoms with Crippen LogP contribution >= 0.6 is 24.8 Å². The van der Waals surface area contributed by atoms with Gasteiger partial charge in [0.1, 0.15) is 6.04 Å². The molecular weight excluding hydrogens is 479 g/mol. The standard InChI is InChI=1S/C18H26N8O5.2ClH/c1-26(9-10-8-21-16-14(22-10)15(19)24-18(20)25-16)7-3-2-4-12(27)23-11(17(30)31)5-6-13(28)29;;/h8,11H,2-7,9H2,1H3,(H,23,27)(H,28,29)(H,30,31)(H4,19,20,21,24,25);2*1H/t11-;;/m0../s1. The minimum Gasteiger partial charge on any atom is -0.481 e. The molecular formula is C18H28Cl2N8O5. The molecule has 7 N–H and O–H groups in total. The number of rotatable bonds is 12. The zero-order chi connectivity index (χ0) is 23.0. The monoisotopic (exact) mass is 506 g/mol. The van der Waals surface area contributed by atoms with E-state index in [1.54, 1.807) is 6.20 Å². The molecule has 2 aromatic rings. The number of halogens is 2. The normalized spacial score (nSPS) is 11.3. The first-order chi connectivity index (χ1) is 14.7. The lowest BCUT2D eigenvalue weighted by Gasteiger charge is -2.16. The van der Waals surface area contributed by atoms with Crippen LogP contribution in [0.4, 0.5) is 11.8 Å². The van der Waals surface area contributed by atoms with Crippen molar-refractivity contribution in [1.82, 2.24) is 30.2 Å². The van der Waals surface area contributed by atoms with Gasteiger partial charge >= 0.3 is 11.9 Å². The fraction of sp³-hybridized carbons (Fsp3) is 0.500. The summed E-state index contributed by atoms with van der Waals surface area (Å²) < 4.78 is 0. The fourth-order valence-corrected chi connectivity index (χ4v) is 2.87. The summed E-state index contributed by atoms with van der Waals surface area (Å²) in [7, 11) is 1.89. The van der Waals surface area contributed by atoms with E-state index in [2.05, 4.69) is 25.3 Å². The Hall–Kier alpha value is -3.03. The van der Waals surface area contributed by atoms with Gasteiger partial charge in [-0.15, -0.1) is 24.8 Å². The van der Waals surface area contributed by atoms with Gasteiger partial charge in [0.2, 0.25) is 11.9 Å². The van der Waals surface area contributed by atoms with Crippen LogP contribution in [0.25, 0.3) is 11.2 Å². The number of carbonyl (C=O) groups excluding carboxylic acids is 1. The third-order valence-corrected chi connectivity index (χ3v) is 4.41. The van der Waals surface area contributed by atoms with E-state index < -0.39 is 23.9 Å². The number of hydrogen-bond donors (Lipinski definition) is 5. The zero-order valence-electron chi connectivity index (χ0n) is 17.9. The zero-order valence-corrected chi connectivity index (χ0v) is 19.6. The number of hydrogen-bond acceptors (Lipinski definition) is 10. The quantitative estimate of drug-likeness (QED) is 0.248. The minimum absolute atomic E-state index is 0. The smallest absolute Gasteiger partial charge is 0.326 e. The highest BCUT2D eigenvalue weighted by Crippen LogP contribution is 2.15. The molecule has 33 heavy (non-hydrogen) atoms. The molecule has 0 spiro atoms. The van der Waals surface area contributed by atoms with E-state index in [9.17, 15) is 14.4 Å². The van der Waals surface area contributed by atoms with Crippen LogP contribution in [-0.4, -0.2) is 72.5 Å². The van der Waals surface area contributed by atoms with Crippen LogP contribution < -0.4 is 16.8 Å². The number of fused-ring (bicyclic) bond motifs is 1. The largest absolute Gasteiger partial charge is 0.481 e. The number of amides is 1. The second kappa shape index (κ2) is 14.2. The predicted molar refractivity (Wildman–Crippen MR) is 125 cm³/mol. The summed E-state index contributed by atoms with van der Waals surface area (Å²) in [6.45, 7) is 1.16. The third kappa shape index (κ3) is 9.97. The lowest BCUT2D eigenvalue weighted by molar-refractivity contribution is -0.143. The van der Waals surface area contributed by atoms with E-state index >= 15 is 0 Å². The van der Waals surface area contributed by atoms with Crippen molar-refractivity contribution in [2.24, 2.45) is 0 Å². The fourth-order valence-electron chi connectivity index (χ4n) is 2.87. The maximum absolute atomic E-state index is 11.9. The lowest BCUT2D eigenvalue weighted by Crippen LogP contribution is -2.41. The van der Waals surface area contributed by atoms with E-state index in [1.165, 1.54) is 0 Å². The van der Waals surface area contributed by atoms with Crippen LogP contribution in [0.3, 0.4) is 0 Å². The molecule has 184 valence electrons. The molecule has 0 unspecified atom stereocenters. The second-order valence-corrected chi connectivity index (χ2v) is 7.09. The number of aliphatic carboxylic acids is 2. The molecule has 0 bridgehead atoms. The number of nitrogens with zero attached hydrogens (tertiary/aromatic N) is 5. The van der Waals surface area contributed by atoms with Crippen molar-refractivity contribution in [3.63, 3.8) is 0 Å². The highest BCUT2D eigenvalue weighted by atomic mass is 35.5. The molecule has 0 aliphatic rings. The number of aromatic nitrogens is 4. The number of anilines is 2. The van der Waals surface area contributed by atoms with Crippen molar-refractivity contribution in [2.75, 3.05) is 25.1 Å². The molecule has 0 aromatic carbocycles. The van der Waals surface area contributed by atoms with Crippen LogP contribution in [0, 0.1) is 0 Å². The van der Waals surface area contributed by atoms with Crippen molar-refractivity contribution in [3.05, 3.63) is 11.9 Å². The average molecular weight is 507 g/mol. The highest BCUT2D eigenvalue weighted by molar-refractivity contribution is 5.86. The summed E-state index contributed by atoms with van der Waals surface area (Å²) in [6, 6.07) is -1.20. The molecule has 0 saturated carbocycles. The molecule has 1 amide bonds. The Labute approximate surface area is 202 Å². The highest BCUT2D eigenvalue weighted by Gasteiger charge is 2.20. The van der Waals surface area contributed by atoms with Crippen molar-refractivity contribution in [2.45, 2.75) is 44.7 Å². The van der Waals surface area contributed by atoms with Crippen LogP contribution in [0.5, 0.6) is 0 Å². The van der Waals surface area contributed by atoms with Gasteiger partial charge in [-0.05, 0) is 32.9 Å². The summed E-state index contributed by atoms with van der Waals surface area (Å²) in [5.74, 6) is -2.59. The van der Waals surface area contributed by atoms with Crippen LogP contribution in [0.1, 0.15) is 37.8 Å². The van der Waals surface area contributed by atoms with Gasteiger partial charge in [-0.1, -0.05) is 0 Å². The first-order valence-corrected chi connectivity index (χ1v) is 9.62. The number of carboxylic acids is 2. The van der Waals surface area contributed by atoms with E-state index in [4.69, 9.17) is 21.7 Å². The summed E-state index contributed by atoms with van der Waals surface area (Å²) >= 11 is 0.